The molecule has 0 fully saturated rings. The summed E-state index contributed by atoms with van der Waals surface area (Å²) < 4.78 is 6.15. The van der Waals surface area contributed by atoms with Gasteiger partial charge in [-0.15, -0.1) is 0 Å². The van der Waals surface area contributed by atoms with Gasteiger partial charge >= 0.3 is 0 Å². The van der Waals surface area contributed by atoms with Crippen LogP contribution in [0.2, 0.25) is 0 Å². The number of ether oxygens (including phenoxy) is 1. The van der Waals surface area contributed by atoms with Crippen molar-refractivity contribution in [1.29, 1.82) is 0 Å². The van der Waals surface area contributed by atoms with E-state index in [1.807, 2.05) is 0 Å². The number of alkyl halides is 1. The van der Waals surface area contributed by atoms with Crippen molar-refractivity contribution in [1.82, 2.24) is 0 Å². The van der Waals surface area contributed by atoms with Crippen molar-refractivity contribution in [3.63, 3.8) is 0 Å². The van der Waals surface area contributed by atoms with E-state index in [-0.39, 0.29) is 14.9 Å². The predicted octanol–water partition coefficient (Wildman–Crippen LogP) is 8.99. The fraction of sp³-hybridized carbons (Fsp3) is 0.290. The number of halogens is 1. The van der Waals surface area contributed by atoms with Crippen LogP contribution in [0.15, 0.2) is 102 Å². The van der Waals surface area contributed by atoms with Gasteiger partial charge in [0.25, 0.3) is 0 Å². The van der Waals surface area contributed by atoms with E-state index in [1.54, 1.807) is 0 Å². The number of benzene rings is 3. The number of rotatable bonds is 5. The molecule has 1 aliphatic carbocycles. The van der Waals surface area contributed by atoms with Crippen molar-refractivity contribution in [2.45, 2.75) is 56.0 Å². The quantitative estimate of drug-likeness (QED) is 0.228. The van der Waals surface area contributed by atoms with Gasteiger partial charge in [-0.2, -0.15) is 0 Å². The van der Waals surface area contributed by atoms with Crippen LogP contribution in [0.4, 0.5) is 0 Å². The Balaban J connectivity index is 1.80. The Morgan fingerprint density at radius 1 is 0.848 bits per heavy atom. The minimum absolute atomic E-state index is 0.0197. The van der Waals surface area contributed by atoms with Crippen LogP contribution in [0.3, 0.4) is 0 Å². The molecule has 3 aromatic carbocycles. The highest BCUT2D eigenvalue weighted by Gasteiger charge is 2.35. The van der Waals surface area contributed by atoms with Gasteiger partial charge < -0.3 is 4.74 Å². The second kappa shape index (κ2) is 9.50. The molecule has 0 radical (unpaired) electrons. The fourth-order valence-electron chi connectivity index (χ4n) is 4.98. The molecule has 0 spiro atoms. The molecule has 170 valence electrons. The summed E-state index contributed by atoms with van der Waals surface area (Å²) >= 11 is 2.66. The molecule has 1 atom stereocenters. The first-order valence-electron chi connectivity index (χ1n) is 11.6. The molecular formula is C31H33IO. The van der Waals surface area contributed by atoms with E-state index >= 15 is 0 Å². The molecule has 1 unspecified atom stereocenters. The van der Waals surface area contributed by atoms with Crippen LogP contribution in [-0.2, 0) is 0 Å². The molecule has 0 amide bonds. The third-order valence-electron chi connectivity index (χ3n) is 6.04. The minimum atomic E-state index is -0.214. The number of hydrogen-bond acceptors (Lipinski definition) is 1. The summed E-state index contributed by atoms with van der Waals surface area (Å²) in [5.74, 6) is 1.18. The molecule has 0 saturated carbocycles. The minimum Gasteiger partial charge on any atom is -0.488 e. The highest BCUT2D eigenvalue weighted by atomic mass is 127. The SMILES string of the molecule is CC1=C(c2cccc(OC(C)(C)C)c2)C(C)(I)CC(C(c2ccccc2)c2ccccc2)=C1. The molecule has 0 aliphatic heterocycles. The molecule has 0 aromatic heterocycles. The van der Waals surface area contributed by atoms with Crippen molar-refractivity contribution in [2.75, 3.05) is 0 Å². The second-order valence-corrected chi connectivity index (χ2v) is 12.5. The van der Waals surface area contributed by atoms with Gasteiger partial charge in [-0.25, -0.2) is 0 Å². The lowest BCUT2D eigenvalue weighted by molar-refractivity contribution is 0.131. The smallest absolute Gasteiger partial charge is 0.120 e. The Labute approximate surface area is 212 Å². The summed E-state index contributed by atoms with van der Waals surface area (Å²) in [6, 6.07) is 30.4. The Morgan fingerprint density at radius 2 is 1.42 bits per heavy atom. The standard InChI is InChI=1S/C31H33IO/c1-22-19-26(28(23-13-8-6-9-14-23)24-15-10-7-11-16-24)21-31(5,32)29(22)25-17-12-18-27(20-25)33-30(2,3)4/h6-20,28H,21H2,1-5H3. The molecule has 3 aromatic rings. The van der Waals surface area contributed by atoms with E-state index in [9.17, 15) is 0 Å². The Hall–Kier alpha value is -2.33. The van der Waals surface area contributed by atoms with Crippen LogP contribution in [0, 0.1) is 0 Å². The summed E-state index contributed by atoms with van der Waals surface area (Å²) in [7, 11) is 0. The molecule has 4 rings (SSSR count). The van der Waals surface area contributed by atoms with Crippen molar-refractivity contribution >= 4 is 28.2 Å². The maximum Gasteiger partial charge on any atom is 0.120 e. The Morgan fingerprint density at radius 3 is 1.94 bits per heavy atom. The molecule has 1 nitrogen and oxygen atoms in total. The van der Waals surface area contributed by atoms with E-state index in [2.05, 4.69) is 148 Å². The average Bonchev–Trinajstić information content (AvgIpc) is 2.73. The molecule has 0 bridgehead atoms. The van der Waals surface area contributed by atoms with Gasteiger partial charge in [0.15, 0.2) is 0 Å². The zero-order chi connectivity index (χ0) is 23.6. The maximum absolute atomic E-state index is 6.17. The van der Waals surface area contributed by atoms with Crippen molar-refractivity contribution < 1.29 is 4.74 Å². The van der Waals surface area contributed by atoms with Gasteiger partial charge in [0, 0.05) is 9.34 Å². The second-order valence-electron chi connectivity index (χ2n) is 10.1. The topological polar surface area (TPSA) is 9.23 Å². The van der Waals surface area contributed by atoms with Crippen LogP contribution in [0.1, 0.15) is 63.6 Å². The van der Waals surface area contributed by atoms with Crippen LogP contribution >= 0.6 is 22.6 Å². The highest BCUT2D eigenvalue weighted by Crippen LogP contribution is 2.50. The van der Waals surface area contributed by atoms with Crippen LogP contribution in [-0.4, -0.2) is 9.02 Å². The van der Waals surface area contributed by atoms with Gasteiger partial charge in [0.05, 0.1) is 0 Å². The zero-order valence-electron chi connectivity index (χ0n) is 20.2. The summed E-state index contributed by atoms with van der Waals surface area (Å²) in [6.45, 7) is 10.9. The molecular weight excluding hydrogens is 515 g/mol. The molecule has 0 heterocycles. The molecule has 1 aliphatic rings. The number of hydrogen-bond donors (Lipinski definition) is 0. The monoisotopic (exact) mass is 548 g/mol. The van der Waals surface area contributed by atoms with Crippen molar-refractivity contribution in [3.05, 3.63) is 119 Å². The van der Waals surface area contributed by atoms with Gasteiger partial charge in [-0.1, -0.05) is 107 Å². The average molecular weight is 549 g/mol. The van der Waals surface area contributed by atoms with E-state index < -0.39 is 0 Å². The Bertz CT molecular complexity index is 1120. The van der Waals surface area contributed by atoms with Gasteiger partial charge in [-0.3, -0.25) is 0 Å². The van der Waals surface area contributed by atoms with Crippen LogP contribution in [0.25, 0.3) is 5.57 Å². The van der Waals surface area contributed by atoms with E-state index in [4.69, 9.17) is 4.74 Å². The zero-order valence-corrected chi connectivity index (χ0v) is 22.4. The third kappa shape index (κ3) is 5.60. The molecule has 0 N–H and O–H groups in total. The summed E-state index contributed by atoms with van der Waals surface area (Å²) in [5.41, 5.74) is 7.92. The maximum atomic E-state index is 6.17. The lowest BCUT2D eigenvalue weighted by atomic mass is 9.74. The normalized spacial score (nSPS) is 18.9. The number of allylic oxidation sites excluding steroid dienone is 4. The van der Waals surface area contributed by atoms with E-state index in [0.29, 0.717) is 0 Å². The first kappa shape index (κ1) is 23.8. The lowest BCUT2D eigenvalue weighted by Crippen LogP contribution is -2.26. The molecule has 0 saturated heterocycles. The van der Waals surface area contributed by atoms with Gasteiger partial charge in [0.2, 0.25) is 0 Å². The largest absolute Gasteiger partial charge is 0.488 e. The van der Waals surface area contributed by atoms with E-state index in [1.165, 1.54) is 33.4 Å². The molecule has 2 heteroatoms. The van der Waals surface area contributed by atoms with Crippen molar-refractivity contribution in [2.24, 2.45) is 0 Å². The summed E-state index contributed by atoms with van der Waals surface area (Å²) in [6.07, 6.45) is 3.43. The van der Waals surface area contributed by atoms with E-state index in [0.717, 1.165) is 12.2 Å². The van der Waals surface area contributed by atoms with Gasteiger partial charge in [0.1, 0.15) is 11.4 Å². The first-order valence-corrected chi connectivity index (χ1v) is 12.7. The predicted molar refractivity (Wildman–Crippen MR) is 149 cm³/mol. The fourth-order valence-corrected chi connectivity index (χ4v) is 6.16. The molecule has 33 heavy (non-hydrogen) atoms. The lowest BCUT2D eigenvalue weighted by Gasteiger charge is -2.36. The van der Waals surface area contributed by atoms with Crippen molar-refractivity contribution in [3.8, 4) is 5.75 Å². The highest BCUT2D eigenvalue weighted by molar-refractivity contribution is 14.1. The van der Waals surface area contributed by atoms with Crippen LogP contribution < -0.4 is 4.74 Å². The Kier molecular flexibility index (Phi) is 6.86. The summed E-state index contributed by atoms with van der Waals surface area (Å²) in [4.78, 5) is 0. The van der Waals surface area contributed by atoms with Crippen LogP contribution in [0.5, 0.6) is 5.75 Å². The summed E-state index contributed by atoms with van der Waals surface area (Å²) in [5, 5.41) is 0. The van der Waals surface area contributed by atoms with Gasteiger partial charge in [-0.05, 0) is 81.0 Å². The first-order chi connectivity index (χ1) is 15.6. The third-order valence-corrected chi connectivity index (χ3v) is 6.96.